The zero-order valence-corrected chi connectivity index (χ0v) is 16.0. The predicted octanol–water partition coefficient (Wildman–Crippen LogP) is 3.15. The van der Waals surface area contributed by atoms with Crippen LogP contribution in [0.2, 0.25) is 0 Å². The molecule has 0 spiro atoms. The molecule has 29 heavy (non-hydrogen) atoms. The lowest BCUT2D eigenvalue weighted by Gasteiger charge is -2.25. The zero-order chi connectivity index (χ0) is 20.2. The van der Waals surface area contributed by atoms with Crippen LogP contribution >= 0.6 is 0 Å². The van der Waals surface area contributed by atoms with E-state index in [1.54, 1.807) is 26.4 Å². The smallest absolute Gasteiger partial charge is 0.284 e. The van der Waals surface area contributed by atoms with E-state index in [9.17, 15) is 4.79 Å². The number of ether oxygens (including phenoxy) is 4. The van der Waals surface area contributed by atoms with Crippen molar-refractivity contribution < 1.29 is 23.7 Å². The van der Waals surface area contributed by atoms with Gasteiger partial charge in [0, 0.05) is 5.56 Å². The summed E-state index contributed by atoms with van der Waals surface area (Å²) < 4.78 is 22.1. The van der Waals surface area contributed by atoms with Crippen LogP contribution in [0.15, 0.2) is 59.7 Å². The minimum absolute atomic E-state index is 0.106. The monoisotopic (exact) mass is 392 g/mol. The Morgan fingerprint density at radius 1 is 1.07 bits per heavy atom. The van der Waals surface area contributed by atoms with Gasteiger partial charge in [-0.15, -0.1) is 0 Å². The summed E-state index contributed by atoms with van der Waals surface area (Å²) in [5.74, 6) is 1.87. The Morgan fingerprint density at radius 2 is 1.83 bits per heavy atom. The molecule has 4 rings (SSSR count). The highest BCUT2D eigenvalue weighted by molar-refractivity contribution is 5.89. The van der Waals surface area contributed by atoms with Gasteiger partial charge in [0.1, 0.15) is 6.61 Å². The molecule has 3 aromatic carbocycles. The van der Waals surface area contributed by atoms with Crippen molar-refractivity contribution >= 4 is 22.9 Å². The number of nitrogens with one attached hydrogen (secondary N) is 1. The highest BCUT2D eigenvalue weighted by atomic mass is 16.6. The van der Waals surface area contributed by atoms with Crippen LogP contribution in [-0.4, -0.2) is 39.1 Å². The summed E-state index contributed by atoms with van der Waals surface area (Å²) in [6, 6.07) is 17.1. The first-order valence-electron chi connectivity index (χ1n) is 9.05. The molecule has 0 fully saturated rings. The number of para-hydroxylation sites is 1. The number of fused-ring (bicyclic) bond motifs is 2. The maximum Gasteiger partial charge on any atom is 0.284 e. The van der Waals surface area contributed by atoms with E-state index in [-0.39, 0.29) is 6.61 Å². The van der Waals surface area contributed by atoms with Gasteiger partial charge in [-0.3, -0.25) is 4.79 Å². The number of amides is 1. The minimum Gasteiger partial charge on any atom is -0.493 e. The van der Waals surface area contributed by atoms with Gasteiger partial charge in [-0.1, -0.05) is 30.3 Å². The highest BCUT2D eigenvalue weighted by Crippen LogP contribution is 2.36. The molecule has 7 heteroatoms. The average Bonchev–Trinajstić information content (AvgIpc) is 2.76. The third kappa shape index (κ3) is 3.80. The van der Waals surface area contributed by atoms with Crippen LogP contribution in [0, 0.1) is 0 Å². The lowest BCUT2D eigenvalue weighted by Crippen LogP contribution is -2.42. The number of carbonyl (C=O) groups is 1. The summed E-state index contributed by atoms with van der Waals surface area (Å²) in [5.41, 5.74) is 3.16. The molecule has 1 N–H and O–H groups in total. The molecule has 1 aliphatic heterocycles. The number of rotatable bonds is 5. The Morgan fingerprint density at radius 3 is 2.55 bits per heavy atom. The number of benzene rings is 3. The molecule has 0 bridgehead atoms. The van der Waals surface area contributed by atoms with Crippen LogP contribution < -0.4 is 24.4 Å². The van der Waals surface area contributed by atoms with E-state index < -0.39 is 12.0 Å². The number of methoxy groups -OCH3 is 2. The van der Waals surface area contributed by atoms with Crippen LogP contribution in [0.25, 0.3) is 10.8 Å². The van der Waals surface area contributed by atoms with Gasteiger partial charge in [0.05, 0.1) is 20.4 Å². The van der Waals surface area contributed by atoms with Crippen molar-refractivity contribution in [3.8, 4) is 23.0 Å². The molecule has 1 amide bonds. The molecule has 1 heterocycles. The number of hydrazone groups is 1. The van der Waals surface area contributed by atoms with Crippen molar-refractivity contribution in [3.63, 3.8) is 0 Å². The van der Waals surface area contributed by atoms with Gasteiger partial charge in [-0.25, -0.2) is 5.43 Å². The zero-order valence-electron chi connectivity index (χ0n) is 16.0. The van der Waals surface area contributed by atoms with Gasteiger partial charge in [0.15, 0.2) is 23.0 Å². The van der Waals surface area contributed by atoms with Gasteiger partial charge in [-0.05, 0) is 35.0 Å². The summed E-state index contributed by atoms with van der Waals surface area (Å²) in [5, 5.41) is 6.07. The molecule has 0 radical (unpaired) electrons. The Hall–Kier alpha value is -3.74. The Labute approximate surface area is 167 Å². The predicted molar refractivity (Wildman–Crippen MR) is 109 cm³/mol. The second-order valence-electron chi connectivity index (χ2n) is 6.38. The van der Waals surface area contributed by atoms with Crippen LogP contribution in [0.1, 0.15) is 5.56 Å². The second-order valence-corrected chi connectivity index (χ2v) is 6.38. The van der Waals surface area contributed by atoms with Crippen LogP contribution in [0.4, 0.5) is 0 Å². The number of nitrogens with zero attached hydrogens (tertiary/aromatic N) is 1. The molecule has 1 aliphatic rings. The van der Waals surface area contributed by atoms with Crippen LogP contribution in [-0.2, 0) is 4.79 Å². The van der Waals surface area contributed by atoms with Crippen LogP contribution in [0.3, 0.4) is 0 Å². The molecule has 148 valence electrons. The van der Waals surface area contributed by atoms with Gasteiger partial charge >= 0.3 is 0 Å². The SMILES string of the molecule is COc1cccc(/C=N/NC(=O)[C@@H]2COc3cc4ccccc4cc3O2)c1OC. The quantitative estimate of drug-likeness (QED) is 0.533. The van der Waals surface area contributed by atoms with E-state index in [2.05, 4.69) is 10.5 Å². The highest BCUT2D eigenvalue weighted by Gasteiger charge is 2.27. The molecule has 0 unspecified atom stereocenters. The molecule has 3 aromatic rings. The summed E-state index contributed by atoms with van der Waals surface area (Å²) in [6.07, 6.45) is 0.692. The first-order valence-corrected chi connectivity index (χ1v) is 9.05. The largest absolute Gasteiger partial charge is 0.493 e. The molecular weight excluding hydrogens is 372 g/mol. The molecule has 0 saturated carbocycles. The maximum atomic E-state index is 12.5. The molecule has 0 aromatic heterocycles. The lowest BCUT2D eigenvalue weighted by atomic mass is 10.1. The molecule has 1 atom stereocenters. The van der Waals surface area contributed by atoms with Crippen molar-refractivity contribution in [2.45, 2.75) is 6.10 Å². The second kappa shape index (κ2) is 8.10. The number of carbonyl (C=O) groups excluding carboxylic acids is 1. The first-order chi connectivity index (χ1) is 14.2. The van der Waals surface area contributed by atoms with Crippen molar-refractivity contribution in [1.29, 1.82) is 0 Å². The van der Waals surface area contributed by atoms with Crippen molar-refractivity contribution in [2.75, 3.05) is 20.8 Å². The van der Waals surface area contributed by atoms with Crippen LogP contribution in [0.5, 0.6) is 23.0 Å². The summed E-state index contributed by atoms with van der Waals surface area (Å²) >= 11 is 0. The van der Waals surface area contributed by atoms with E-state index in [1.807, 2.05) is 42.5 Å². The topological polar surface area (TPSA) is 78.4 Å². The average molecular weight is 392 g/mol. The van der Waals surface area contributed by atoms with E-state index in [4.69, 9.17) is 18.9 Å². The molecule has 0 saturated heterocycles. The van der Waals surface area contributed by atoms with Gasteiger partial charge in [0.25, 0.3) is 5.91 Å². The molecule has 7 nitrogen and oxygen atoms in total. The van der Waals surface area contributed by atoms with Crippen molar-refractivity contribution in [3.05, 3.63) is 60.2 Å². The van der Waals surface area contributed by atoms with E-state index in [0.29, 0.717) is 28.6 Å². The van der Waals surface area contributed by atoms with Gasteiger partial charge in [-0.2, -0.15) is 5.10 Å². The molecular formula is C22H20N2O5. The third-order valence-corrected chi connectivity index (χ3v) is 4.58. The van der Waals surface area contributed by atoms with Gasteiger partial charge in [0.2, 0.25) is 6.10 Å². The van der Waals surface area contributed by atoms with E-state index >= 15 is 0 Å². The summed E-state index contributed by atoms with van der Waals surface area (Å²) in [4.78, 5) is 12.5. The Balaban J connectivity index is 1.45. The Kier molecular flexibility index (Phi) is 5.20. The molecule has 0 aliphatic carbocycles. The van der Waals surface area contributed by atoms with E-state index in [1.165, 1.54) is 6.21 Å². The lowest BCUT2D eigenvalue weighted by molar-refractivity contribution is -0.130. The van der Waals surface area contributed by atoms with Gasteiger partial charge < -0.3 is 18.9 Å². The third-order valence-electron chi connectivity index (χ3n) is 4.58. The number of hydrogen-bond donors (Lipinski definition) is 1. The summed E-state index contributed by atoms with van der Waals surface area (Å²) in [6.45, 7) is 0.106. The fourth-order valence-corrected chi connectivity index (χ4v) is 3.14. The summed E-state index contributed by atoms with van der Waals surface area (Å²) in [7, 11) is 3.10. The fourth-order valence-electron chi connectivity index (χ4n) is 3.14. The maximum absolute atomic E-state index is 12.5. The fraction of sp³-hybridized carbons (Fsp3) is 0.182. The van der Waals surface area contributed by atoms with E-state index in [0.717, 1.165) is 10.8 Å². The number of hydrogen-bond acceptors (Lipinski definition) is 6. The normalized spacial score (nSPS) is 15.3. The standard InChI is InChI=1S/C22H20N2O5/c1-26-17-9-5-8-16(21(17)27-2)12-23-24-22(25)20-13-28-18-10-14-6-3-4-7-15(14)11-19(18)29-20/h3-12,20H,13H2,1-2H3,(H,24,25)/b23-12+/t20-/m0/s1. The Bertz CT molecular complexity index is 1080. The first kappa shape index (κ1) is 18.6. The van der Waals surface area contributed by atoms with Crippen molar-refractivity contribution in [1.82, 2.24) is 5.43 Å². The van der Waals surface area contributed by atoms with Crippen molar-refractivity contribution in [2.24, 2.45) is 5.10 Å². The minimum atomic E-state index is -0.798.